The van der Waals surface area contributed by atoms with Crippen LogP contribution < -0.4 is 5.32 Å². The molecule has 1 aliphatic rings. The second-order valence-corrected chi connectivity index (χ2v) is 7.62. The smallest absolute Gasteiger partial charge is 0.0100 e. The van der Waals surface area contributed by atoms with Gasteiger partial charge in [0.2, 0.25) is 0 Å². The van der Waals surface area contributed by atoms with Crippen molar-refractivity contribution in [3.8, 4) is 0 Å². The third-order valence-corrected chi connectivity index (χ3v) is 4.41. The summed E-state index contributed by atoms with van der Waals surface area (Å²) in [5.74, 6) is 2.49. The SMILES string of the molecule is CCCN(CC1CCCNC1)C(CC(C)C)CC(C)C. The highest BCUT2D eigenvalue weighted by Crippen LogP contribution is 2.22. The molecule has 0 aromatic carbocycles. The Morgan fingerprint density at radius 3 is 2.20 bits per heavy atom. The summed E-state index contributed by atoms with van der Waals surface area (Å²) in [6, 6.07) is 0.789. The van der Waals surface area contributed by atoms with Crippen molar-refractivity contribution in [1.29, 1.82) is 0 Å². The summed E-state index contributed by atoms with van der Waals surface area (Å²) >= 11 is 0. The van der Waals surface area contributed by atoms with Gasteiger partial charge < -0.3 is 10.2 Å². The van der Waals surface area contributed by atoms with E-state index >= 15 is 0 Å². The van der Waals surface area contributed by atoms with Crippen LogP contribution >= 0.6 is 0 Å². The molecule has 0 amide bonds. The second-order valence-electron chi connectivity index (χ2n) is 7.62. The summed E-state index contributed by atoms with van der Waals surface area (Å²) < 4.78 is 0. The molecule has 1 aliphatic heterocycles. The number of piperidine rings is 1. The first-order valence-corrected chi connectivity index (χ1v) is 8.97. The fourth-order valence-corrected chi connectivity index (χ4v) is 3.60. The zero-order chi connectivity index (χ0) is 15.0. The Morgan fingerprint density at radius 1 is 1.10 bits per heavy atom. The molecule has 2 nitrogen and oxygen atoms in total. The van der Waals surface area contributed by atoms with Crippen LogP contribution in [0.5, 0.6) is 0 Å². The maximum Gasteiger partial charge on any atom is 0.0100 e. The number of nitrogens with zero attached hydrogens (tertiary/aromatic N) is 1. The standard InChI is InChI=1S/C18H38N2/c1-6-10-20(14-17-8-7-9-19-13-17)18(11-15(2)3)12-16(4)5/h15-19H,6-14H2,1-5H3. The van der Waals surface area contributed by atoms with E-state index in [0.717, 1.165) is 23.8 Å². The van der Waals surface area contributed by atoms with Crippen LogP contribution in [0.15, 0.2) is 0 Å². The molecule has 0 aliphatic carbocycles. The highest BCUT2D eigenvalue weighted by Gasteiger charge is 2.24. The normalized spacial score (nSPS) is 20.6. The van der Waals surface area contributed by atoms with Gasteiger partial charge >= 0.3 is 0 Å². The predicted molar refractivity (Wildman–Crippen MR) is 90.2 cm³/mol. The van der Waals surface area contributed by atoms with Gasteiger partial charge in [0.1, 0.15) is 0 Å². The van der Waals surface area contributed by atoms with Crippen LogP contribution in [-0.2, 0) is 0 Å². The van der Waals surface area contributed by atoms with Gasteiger partial charge in [0.25, 0.3) is 0 Å². The third-order valence-electron chi connectivity index (χ3n) is 4.41. The lowest BCUT2D eigenvalue weighted by atomic mass is 9.92. The molecule has 1 unspecified atom stereocenters. The Balaban J connectivity index is 2.61. The Kier molecular flexibility index (Phi) is 8.79. The maximum absolute atomic E-state index is 3.58. The molecule has 0 aromatic rings. The lowest BCUT2D eigenvalue weighted by Gasteiger charge is -2.37. The second kappa shape index (κ2) is 9.78. The third kappa shape index (κ3) is 7.08. The van der Waals surface area contributed by atoms with Gasteiger partial charge in [0.05, 0.1) is 0 Å². The van der Waals surface area contributed by atoms with Crippen molar-refractivity contribution >= 4 is 0 Å². The highest BCUT2D eigenvalue weighted by molar-refractivity contribution is 4.79. The molecule has 0 aromatic heterocycles. The van der Waals surface area contributed by atoms with E-state index in [1.165, 1.54) is 58.3 Å². The molecule has 20 heavy (non-hydrogen) atoms. The number of nitrogens with one attached hydrogen (secondary N) is 1. The molecule has 0 radical (unpaired) electrons. The Labute approximate surface area is 127 Å². The quantitative estimate of drug-likeness (QED) is 0.683. The summed E-state index contributed by atoms with van der Waals surface area (Å²) in [5, 5.41) is 3.58. The van der Waals surface area contributed by atoms with Crippen molar-refractivity contribution < 1.29 is 0 Å². The van der Waals surface area contributed by atoms with E-state index in [2.05, 4.69) is 44.8 Å². The molecule has 1 saturated heterocycles. The topological polar surface area (TPSA) is 15.3 Å². The predicted octanol–water partition coefficient (Wildman–Crippen LogP) is 4.16. The highest BCUT2D eigenvalue weighted by atomic mass is 15.2. The van der Waals surface area contributed by atoms with Crippen LogP contribution in [0.4, 0.5) is 0 Å². The minimum atomic E-state index is 0.789. The van der Waals surface area contributed by atoms with Gasteiger partial charge in [-0.15, -0.1) is 0 Å². The summed E-state index contributed by atoms with van der Waals surface area (Å²) in [6.45, 7) is 16.9. The van der Waals surface area contributed by atoms with Crippen molar-refractivity contribution in [3.63, 3.8) is 0 Å². The zero-order valence-corrected chi connectivity index (χ0v) is 14.6. The lowest BCUT2D eigenvalue weighted by molar-refractivity contribution is 0.121. The Hall–Kier alpha value is -0.0800. The molecule has 1 atom stereocenters. The average Bonchev–Trinajstić information content (AvgIpc) is 2.37. The van der Waals surface area contributed by atoms with Crippen LogP contribution in [0.1, 0.15) is 66.7 Å². The first-order chi connectivity index (χ1) is 9.52. The average molecular weight is 283 g/mol. The molecule has 0 saturated carbocycles. The van der Waals surface area contributed by atoms with Gasteiger partial charge in [-0.2, -0.15) is 0 Å². The zero-order valence-electron chi connectivity index (χ0n) is 14.6. The minimum absolute atomic E-state index is 0.789. The summed E-state index contributed by atoms with van der Waals surface area (Å²) in [7, 11) is 0. The molecule has 1 N–H and O–H groups in total. The van der Waals surface area contributed by atoms with Gasteiger partial charge in [-0.05, 0) is 69.5 Å². The van der Waals surface area contributed by atoms with Crippen LogP contribution in [0.3, 0.4) is 0 Å². The summed E-state index contributed by atoms with van der Waals surface area (Å²) in [6.07, 6.45) is 6.79. The van der Waals surface area contributed by atoms with E-state index in [9.17, 15) is 0 Å². The van der Waals surface area contributed by atoms with E-state index in [1.54, 1.807) is 0 Å². The van der Waals surface area contributed by atoms with Crippen molar-refractivity contribution in [2.24, 2.45) is 17.8 Å². The minimum Gasteiger partial charge on any atom is -0.316 e. The van der Waals surface area contributed by atoms with Crippen molar-refractivity contribution in [2.45, 2.75) is 72.8 Å². The van der Waals surface area contributed by atoms with Crippen molar-refractivity contribution in [1.82, 2.24) is 10.2 Å². The largest absolute Gasteiger partial charge is 0.316 e. The van der Waals surface area contributed by atoms with Crippen LogP contribution in [0.25, 0.3) is 0 Å². The summed E-state index contributed by atoms with van der Waals surface area (Å²) in [5.41, 5.74) is 0. The Bertz CT molecular complexity index is 222. The van der Waals surface area contributed by atoms with Crippen molar-refractivity contribution in [2.75, 3.05) is 26.2 Å². The molecule has 1 fully saturated rings. The van der Waals surface area contributed by atoms with Crippen LogP contribution in [-0.4, -0.2) is 37.1 Å². The Morgan fingerprint density at radius 2 is 1.75 bits per heavy atom. The molecule has 1 rings (SSSR count). The lowest BCUT2D eigenvalue weighted by Crippen LogP contribution is -2.44. The molecule has 120 valence electrons. The molecular formula is C18H38N2. The van der Waals surface area contributed by atoms with E-state index in [1.807, 2.05) is 0 Å². The first kappa shape index (κ1) is 18.0. The van der Waals surface area contributed by atoms with Gasteiger partial charge in [-0.1, -0.05) is 34.6 Å². The van der Waals surface area contributed by atoms with Crippen LogP contribution in [0, 0.1) is 17.8 Å². The fraction of sp³-hybridized carbons (Fsp3) is 1.00. The fourth-order valence-electron chi connectivity index (χ4n) is 3.60. The van der Waals surface area contributed by atoms with E-state index in [4.69, 9.17) is 0 Å². The van der Waals surface area contributed by atoms with Gasteiger partial charge in [0, 0.05) is 12.6 Å². The van der Waals surface area contributed by atoms with E-state index < -0.39 is 0 Å². The number of rotatable bonds is 9. The molecule has 1 heterocycles. The molecule has 0 bridgehead atoms. The molecular weight excluding hydrogens is 244 g/mol. The van der Waals surface area contributed by atoms with Gasteiger partial charge in [0.15, 0.2) is 0 Å². The van der Waals surface area contributed by atoms with Crippen LogP contribution in [0.2, 0.25) is 0 Å². The maximum atomic E-state index is 3.58. The van der Waals surface area contributed by atoms with E-state index in [0.29, 0.717) is 0 Å². The number of hydrogen-bond donors (Lipinski definition) is 1. The molecule has 0 spiro atoms. The number of hydrogen-bond acceptors (Lipinski definition) is 2. The molecule has 2 heteroatoms. The van der Waals surface area contributed by atoms with E-state index in [-0.39, 0.29) is 0 Å². The summed E-state index contributed by atoms with van der Waals surface area (Å²) in [4.78, 5) is 2.82. The van der Waals surface area contributed by atoms with Gasteiger partial charge in [-0.25, -0.2) is 0 Å². The first-order valence-electron chi connectivity index (χ1n) is 8.97. The van der Waals surface area contributed by atoms with Crippen molar-refractivity contribution in [3.05, 3.63) is 0 Å². The van der Waals surface area contributed by atoms with Gasteiger partial charge in [-0.3, -0.25) is 0 Å². The monoisotopic (exact) mass is 282 g/mol.